The molecule has 0 atom stereocenters. The van der Waals surface area contributed by atoms with Crippen LogP contribution in [-0.2, 0) is 0 Å². The first kappa shape index (κ1) is 17.0. The van der Waals surface area contributed by atoms with Crippen molar-refractivity contribution in [1.29, 1.82) is 10.5 Å². The van der Waals surface area contributed by atoms with Gasteiger partial charge in [0, 0.05) is 44.1 Å². The number of nitriles is 2. The third-order valence-electron chi connectivity index (χ3n) is 5.02. The average molecular weight is 340 g/mol. The maximum absolute atomic E-state index is 11.4. The predicted octanol–water partition coefficient (Wildman–Crippen LogP) is 2.47. The van der Waals surface area contributed by atoms with Crippen LogP contribution in [0.5, 0.6) is 0 Å². The first-order chi connectivity index (χ1) is 12.1. The summed E-state index contributed by atoms with van der Waals surface area (Å²) in [6.07, 6.45) is 2.98. The molecule has 2 aliphatic rings. The Morgan fingerprint density at radius 1 is 1.00 bits per heavy atom. The molecule has 0 spiro atoms. The third kappa shape index (κ3) is 3.63. The first-order valence-electron chi connectivity index (χ1n) is 8.57. The van der Waals surface area contributed by atoms with Crippen LogP contribution in [0.4, 0.5) is 17.3 Å². The van der Waals surface area contributed by atoms with E-state index in [0.717, 1.165) is 31.7 Å². The summed E-state index contributed by atoms with van der Waals surface area (Å²) in [7, 11) is 0. The van der Waals surface area contributed by atoms with Crippen molar-refractivity contribution in [3.63, 3.8) is 0 Å². The summed E-state index contributed by atoms with van der Waals surface area (Å²) >= 11 is 0. The van der Waals surface area contributed by atoms with Crippen molar-refractivity contribution >= 4 is 17.3 Å². The second kappa shape index (κ2) is 7.35. The summed E-state index contributed by atoms with van der Waals surface area (Å²) < 4.78 is 0. The highest BCUT2D eigenvalue weighted by molar-refractivity contribution is 5.62. The van der Waals surface area contributed by atoms with E-state index >= 15 is 0 Å². The molecule has 3 heterocycles. The van der Waals surface area contributed by atoms with Gasteiger partial charge in [0.2, 0.25) is 5.82 Å². The van der Waals surface area contributed by atoms with Gasteiger partial charge in [0.05, 0.1) is 17.1 Å². The Kier molecular flexibility index (Phi) is 4.99. The Balaban J connectivity index is 1.82. The van der Waals surface area contributed by atoms with Crippen LogP contribution in [0.3, 0.4) is 0 Å². The molecule has 1 aromatic rings. The molecule has 2 fully saturated rings. The van der Waals surface area contributed by atoms with Gasteiger partial charge in [-0.15, -0.1) is 0 Å². The molecule has 0 bridgehead atoms. The van der Waals surface area contributed by atoms with E-state index < -0.39 is 4.92 Å². The van der Waals surface area contributed by atoms with Crippen molar-refractivity contribution in [3.8, 4) is 12.1 Å². The van der Waals surface area contributed by atoms with Gasteiger partial charge in [-0.2, -0.15) is 10.5 Å². The number of anilines is 2. The standard InChI is InChI=1S/C17H20N6O2/c18-11-13-3-7-21(8-4-13)16-2-1-15(23(24)25)17(20-16)22-9-5-14(12-19)6-10-22/h1-2,13-14H,3-10H2. The number of hydrogen-bond donors (Lipinski definition) is 0. The molecule has 130 valence electrons. The maximum atomic E-state index is 11.4. The fraction of sp³-hybridized carbons (Fsp3) is 0.588. The fourth-order valence-corrected chi connectivity index (χ4v) is 3.44. The molecule has 3 rings (SSSR count). The molecular formula is C17H20N6O2. The van der Waals surface area contributed by atoms with E-state index in [4.69, 9.17) is 10.5 Å². The molecule has 8 nitrogen and oxygen atoms in total. The lowest BCUT2D eigenvalue weighted by molar-refractivity contribution is -0.384. The molecule has 0 N–H and O–H groups in total. The number of hydrogen-bond acceptors (Lipinski definition) is 7. The number of pyridine rings is 1. The molecule has 0 unspecified atom stereocenters. The molecule has 1 aromatic heterocycles. The average Bonchev–Trinajstić information content (AvgIpc) is 2.67. The Hall–Kier alpha value is -2.87. The number of piperidine rings is 2. The zero-order chi connectivity index (χ0) is 17.8. The van der Waals surface area contributed by atoms with Gasteiger partial charge < -0.3 is 9.80 Å². The van der Waals surface area contributed by atoms with Crippen LogP contribution >= 0.6 is 0 Å². The van der Waals surface area contributed by atoms with Crippen molar-refractivity contribution < 1.29 is 4.92 Å². The van der Waals surface area contributed by atoms with Crippen LogP contribution in [0, 0.1) is 44.6 Å². The van der Waals surface area contributed by atoms with Crippen molar-refractivity contribution in [1.82, 2.24) is 4.98 Å². The minimum absolute atomic E-state index is 0.00562. The highest BCUT2D eigenvalue weighted by atomic mass is 16.6. The van der Waals surface area contributed by atoms with E-state index in [0.29, 0.717) is 31.7 Å². The molecule has 0 aliphatic carbocycles. The van der Waals surface area contributed by atoms with Crippen LogP contribution < -0.4 is 9.80 Å². The second-order valence-corrected chi connectivity index (χ2v) is 6.55. The fourth-order valence-electron chi connectivity index (χ4n) is 3.44. The van der Waals surface area contributed by atoms with Gasteiger partial charge in [-0.1, -0.05) is 0 Å². The quantitative estimate of drug-likeness (QED) is 0.614. The zero-order valence-corrected chi connectivity index (χ0v) is 14.0. The molecular weight excluding hydrogens is 320 g/mol. The Labute approximate surface area is 146 Å². The van der Waals surface area contributed by atoms with Crippen LogP contribution in [0.2, 0.25) is 0 Å². The molecule has 2 saturated heterocycles. The van der Waals surface area contributed by atoms with Gasteiger partial charge in [0.1, 0.15) is 5.82 Å². The van der Waals surface area contributed by atoms with Gasteiger partial charge in [0.25, 0.3) is 0 Å². The van der Waals surface area contributed by atoms with Crippen molar-refractivity contribution in [2.75, 3.05) is 36.0 Å². The van der Waals surface area contributed by atoms with E-state index in [1.165, 1.54) is 6.07 Å². The highest BCUT2D eigenvalue weighted by Crippen LogP contribution is 2.32. The van der Waals surface area contributed by atoms with Crippen molar-refractivity contribution in [2.45, 2.75) is 25.7 Å². The lowest BCUT2D eigenvalue weighted by atomic mass is 9.98. The normalized spacial score (nSPS) is 19.3. The Morgan fingerprint density at radius 3 is 2.00 bits per heavy atom. The minimum Gasteiger partial charge on any atom is -0.356 e. The van der Waals surface area contributed by atoms with E-state index in [1.807, 2.05) is 4.90 Å². The third-order valence-corrected chi connectivity index (χ3v) is 5.02. The summed E-state index contributed by atoms with van der Waals surface area (Å²) in [5, 5.41) is 29.4. The monoisotopic (exact) mass is 340 g/mol. The summed E-state index contributed by atoms with van der Waals surface area (Å²) in [6.45, 7) is 2.68. The molecule has 25 heavy (non-hydrogen) atoms. The van der Waals surface area contributed by atoms with E-state index in [9.17, 15) is 10.1 Å². The minimum atomic E-state index is -0.398. The van der Waals surface area contributed by atoms with Gasteiger partial charge in [-0.3, -0.25) is 10.1 Å². The summed E-state index contributed by atoms with van der Waals surface area (Å²) in [4.78, 5) is 19.6. The predicted molar refractivity (Wildman–Crippen MR) is 92.0 cm³/mol. The van der Waals surface area contributed by atoms with Crippen molar-refractivity contribution in [2.24, 2.45) is 11.8 Å². The first-order valence-corrected chi connectivity index (χ1v) is 8.57. The number of rotatable bonds is 3. The van der Waals surface area contributed by atoms with Crippen LogP contribution in [-0.4, -0.2) is 36.1 Å². The SMILES string of the molecule is N#CC1CCN(c2ccc([N+](=O)[O-])c(N3CCC(C#N)CC3)n2)CC1. The molecule has 8 heteroatoms. The van der Waals surface area contributed by atoms with Crippen LogP contribution in [0.25, 0.3) is 0 Å². The van der Waals surface area contributed by atoms with Gasteiger partial charge in [-0.25, -0.2) is 4.98 Å². The summed E-state index contributed by atoms with van der Waals surface area (Å²) in [6, 6.07) is 7.78. The lowest BCUT2D eigenvalue weighted by Gasteiger charge is -2.32. The van der Waals surface area contributed by atoms with Gasteiger partial charge in [-0.05, 0) is 31.7 Å². The van der Waals surface area contributed by atoms with E-state index in [-0.39, 0.29) is 17.5 Å². The van der Waals surface area contributed by atoms with Crippen LogP contribution in [0.1, 0.15) is 25.7 Å². The topological polar surface area (TPSA) is 110 Å². The molecule has 2 aliphatic heterocycles. The summed E-state index contributed by atoms with van der Waals surface area (Å²) in [5.41, 5.74) is 0.00562. The second-order valence-electron chi connectivity index (χ2n) is 6.55. The molecule has 0 aromatic carbocycles. The molecule has 0 saturated carbocycles. The highest BCUT2D eigenvalue weighted by Gasteiger charge is 2.28. The number of aromatic nitrogens is 1. The molecule has 0 amide bonds. The Morgan fingerprint density at radius 2 is 1.52 bits per heavy atom. The van der Waals surface area contributed by atoms with Crippen molar-refractivity contribution in [3.05, 3.63) is 22.2 Å². The smallest absolute Gasteiger partial charge is 0.311 e. The number of nitrogens with zero attached hydrogens (tertiary/aromatic N) is 6. The summed E-state index contributed by atoms with van der Waals surface area (Å²) in [5.74, 6) is 1.21. The number of nitro groups is 1. The van der Waals surface area contributed by atoms with Gasteiger partial charge in [0.15, 0.2) is 0 Å². The zero-order valence-electron chi connectivity index (χ0n) is 14.0. The van der Waals surface area contributed by atoms with Crippen LogP contribution in [0.15, 0.2) is 12.1 Å². The largest absolute Gasteiger partial charge is 0.356 e. The Bertz CT molecular complexity index is 722. The van der Waals surface area contributed by atoms with Gasteiger partial charge >= 0.3 is 5.69 Å². The van der Waals surface area contributed by atoms with E-state index in [2.05, 4.69) is 22.0 Å². The molecule has 0 radical (unpaired) electrons. The maximum Gasteiger partial charge on any atom is 0.311 e. The van der Waals surface area contributed by atoms with E-state index in [1.54, 1.807) is 6.07 Å². The lowest BCUT2D eigenvalue weighted by Crippen LogP contribution is -2.36.